The van der Waals surface area contributed by atoms with Gasteiger partial charge in [0.25, 0.3) is 0 Å². The van der Waals surface area contributed by atoms with Crippen molar-refractivity contribution in [2.75, 3.05) is 31.5 Å². The van der Waals surface area contributed by atoms with Crippen molar-refractivity contribution >= 4 is 48.1 Å². The van der Waals surface area contributed by atoms with Gasteiger partial charge < -0.3 is 16.0 Å². The minimum absolute atomic E-state index is 0. The maximum atomic E-state index is 12.5. The SMILES string of the molecule is Cl.Cl.O=C(CCNc1ncc(C(F)(F)F)cc1Cl)NCC1CNC1. The third-order valence-electron chi connectivity index (χ3n) is 3.27. The average molecular weight is 410 g/mol. The van der Waals surface area contributed by atoms with Crippen LogP contribution in [-0.4, -0.2) is 37.1 Å². The predicted octanol–water partition coefficient (Wildman–Crippen LogP) is 2.74. The Hall–Kier alpha value is -0.960. The predicted molar refractivity (Wildman–Crippen MR) is 91.2 cm³/mol. The van der Waals surface area contributed by atoms with Gasteiger partial charge in [0, 0.05) is 44.7 Å². The van der Waals surface area contributed by atoms with Gasteiger partial charge in [-0.1, -0.05) is 11.6 Å². The molecule has 2 heterocycles. The summed E-state index contributed by atoms with van der Waals surface area (Å²) in [6.07, 6.45) is -3.58. The van der Waals surface area contributed by atoms with E-state index in [1.165, 1.54) is 0 Å². The first-order valence-corrected chi connectivity index (χ1v) is 7.18. The fourth-order valence-electron chi connectivity index (χ4n) is 1.86. The van der Waals surface area contributed by atoms with Crippen LogP contribution in [0.25, 0.3) is 0 Å². The summed E-state index contributed by atoms with van der Waals surface area (Å²) in [6.45, 7) is 2.69. The summed E-state index contributed by atoms with van der Waals surface area (Å²) in [5, 5.41) is 8.52. The molecule has 0 unspecified atom stereocenters. The number of carbonyl (C=O) groups is 1. The van der Waals surface area contributed by atoms with Crippen LogP contribution in [0.15, 0.2) is 12.3 Å². The van der Waals surface area contributed by atoms with Gasteiger partial charge in [-0.15, -0.1) is 24.8 Å². The van der Waals surface area contributed by atoms with Crippen LogP contribution in [0.4, 0.5) is 19.0 Å². The fraction of sp³-hybridized carbons (Fsp3) is 0.538. The summed E-state index contributed by atoms with van der Waals surface area (Å²) >= 11 is 5.75. The van der Waals surface area contributed by atoms with E-state index in [-0.39, 0.29) is 54.5 Å². The summed E-state index contributed by atoms with van der Waals surface area (Å²) in [4.78, 5) is 15.2. The molecule has 1 saturated heterocycles. The molecule has 1 aliphatic rings. The molecule has 0 atom stereocenters. The molecule has 11 heteroatoms. The van der Waals surface area contributed by atoms with E-state index in [9.17, 15) is 18.0 Å². The van der Waals surface area contributed by atoms with Gasteiger partial charge in [0.05, 0.1) is 10.6 Å². The zero-order chi connectivity index (χ0) is 16.2. The summed E-state index contributed by atoms with van der Waals surface area (Å²) < 4.78 is 37.4. The Kier molecular flexibility index (Phi) is 9.72. The number of hydrogen-bond acceptors (Lipinski definition) is 4. The second-order valence-corrected chi connectivity index (χ2v) is 5.46. The number of rotatable bonds is 6. The van der Waals surface area contributed by atoms with Crippen molar-refractivity contribution in [1.82, 2.24) is 15.6 Å². The molecule has 1 amide bonds. The fourth-order valence-corrected chi connectivity index (χ4v) is 2.09. The number of anilines is 1. The van der Waals surface area contributed by atoms with Gasteiger partial charge in [-0.05, 0) is 6.07 Å². The van der Waals surface area contributed by atoms with Crippen molar-refractivity contribution in [2.45, 2.75) is 12.6 Å². The van der Waals surface area contributed by atoms with Crippen LogP contribution in [-0.2, 0) is 11.0 Å². The summed E-state index contributed by atoms with van der Waals surface area (Å²) in [7, 11) is 0. The van der Waals surface area contributed by atoms with Gasteiger partial charge in [-0.3, -0.25) is 4.79 Å². The third kappa shape index (κ3) is 6.88. The molecule has 0 aromatic carbocycles. The highest BCUT2D eigenvalue weighted by molar-refractivity contribution is 6.32. The normalized spacial score (nSPS) is 14.0. The number of halogens is 6. The first-order valence-electron chi connectivity index (χ1n) is 6.80. The van der Waals surface area contributed by atoms with Gasteiger partial charge in [0.2, 0.25) is 5.91 Å². The maximum Gasteiger partial charge on any atom is 0.417 e. The van der Waals surface area contributed by atoms with E-state index < -0.39 is 11.7 Å². The molecule has 0 radical (unpaired) electrons. The second-order valence-electron chi connectivity index (χ2n) is 5.06. The van der Waals surface area contributed by atoms with Crippen molar-refractivity contribution in [3.63, 3.8) is 0 Å². The molecule has 1 fully saturated rings. The van der Waals surface area contributed by atoms with E-state index in [1.807, 2.05) is 0 Å². The average Bonchev–Trinajstić information content (AvgIpc) is 2.37. The quantitative estimate of drug-likeness (QED) is 0.676. The van der Waals surface area contributed by atoms with Gasteiger partial charge in [-0.25, -0.2) is 4.98 Å². The Morgan fingerprint density at radius 1 is 1.38 bits per heavy atom. The number of pyridine rings is 1. The van der Waals surface area contributed by atoms with Crippen molar-refractivity contribution in [3.8, 4) is 0 Å². The van der Waals surface area contributed by atoms with Gasteiger partial charge in [0.1, 0.15) is 5.82 Å². The van der Waals surface area contributed by atoms with Crippen molar-refractivity contribution < 1.29 is 18.0 Å². The van der Waals surface area contributed by atoms with E-state index in [0.29, 0.717) is 18.7 Å². The van der Waals surface area contributed by atoms with E-state index >= 15 is 0 Å². The molecule has 0 bridgehead atoms. The van der Waals surface area contributed by atoms with E-state index in [1.54, 1.807) is 0 Å². The molecule has 0 spiro atoms. The molecule has 2 rings (SSSR count). The first-order chi connectivity index (χ1) is 10.4. The Morgan fingerprint density at radius 2 is 2.04 bits per heavy atom. The molecule has 1 aromatic heterocycles. The van der Waals surface area contributed by atoms with Crippen molar-refractivity contribution in [3.05, 3.63) is 22.8 Å². The number of carbonyl (C=O) groups excluding carboxylic acids is 1. The summed E-state index contributed by atoms with van der Waals surface area (Å²) in [6, 6.07) is 0.806. The number of aromatic nitrogens is 1. The van der Waals surface area contributed by atoms with Crippen molar-refractivity contribution in [1.29, 1.82) is 0 Å². The van der Waals surface area contributed by atoms with Crippen LogP contribution in [0.2, 0.25) is 5.02 Å². The molecule has 5 nitrogen and oxygen atoms in total. The van der Waals surface area contributed by atoms with Crippen LogP contribution in [0.1, 0.15) is 12.0 Å². The zero-order valence-electron chi connectivity index (χ0n) is 12.5. The molecule has 3 N–H and O–H groups in total. The molecular weight excluding hydrogens is 392 g/mol. The standard InChI is InChI=1S/C13H16ClF3N4O.2ClH/c14-10-3-9(13(15,16)17)7-21-12(10)19-2-1-11(22)20-6-8-4-18-5-8;;/h3,7-8,18H,1-2,4-6H2,(H,19,21)(H,20,22);2*1H. The molecule has 1 aliphatic heterocycles. The number of hydrogen-bond donors (Lipinski definition) is 3. The molecule has 1 aromatic rings. The maximum absolute atomic E-state index is 12.5. The van der Waals surface area contributed by atoms with Crippen molar-refractivity contribution in [2.24, 2.45) is 5.92 Å². The Morgan fingerprint density at radius 3 is 2.54 bits per heavy atom. The number of alkyl halides is 3. The van der Waals surface area contributed by atoms with Crippen LogP contribution in [0.5, 0.6) is 0 Å². The molecular formula is C13H18Cl3F3N4O. The molecule has 0 aliphatic carbocycles. The van der Waals surface area contributed by atoms with E-state index in [4.69, 9.17) is 11.6 Å². The highest BCUT2D eigenvalue weighted by atomic mass is 35.5. The Labute approximate surface area is 154 Å². The minimum atomic E-state index is -4.48. The summed E-state index contributed by atoms with van der Waals surface area (Å²) in [5.41, 5.74) is -0.907. The lowest BCUT2D eigenvalue weighted by Gasteiger charge is -2.27. The van der Waals surface area contributed by atoms with E-state index in [2.05, 4.69) is 20.9 Å². The van der Waals surface area contributed by atoms with Gasteiger partial charge in [0.15, 0.2) is 0 Å². The van der Waals surface area contributed by atoms with Gasteiger partial charge >= 0.3 is 6.18 Å². The molecule has 24 heavy (non-hydrogen) atoms. The Bertz CT molecular complexity index is 542. The third-order valence-corrected chi connectivity index (χ3v) is 3.56. The van der Waals surface area contributed by atoms with Gasteiger partial charge in [-0.2, -0.15) is 13.2 Å². The lowest BCUT2D eigenvalue weighted by molar-refractivity contribution is -0.137. The number of amides is 1. The highest BCUT2D eigenvalue weighted by Crippen LogP contribution is 2.32. The lowest BCUT2D eigenvalue weighted by Crippen LogP contribution is -2.48. The smallest absolute Gasteiger partial charge is 0.368 e. The van der Waals surface area contributed by atoms with Crippen LogP contribution in [0, 0.1) is 5.92 Å². The largest absolute Gasteiger partial charge is 0.417 e. The zero-order valence-corrected chi connectivity index (χ0v) is 14.8. The monoisotopic (exact) mass is 408 g/mol. The van der Waals surface area contributed by atoms with Crippen LogP contribution >= 0.6 is 36.4 Å². The first kappa shape index (κ1) is 23.0. The highest BCUT2D eigenvalue weighted by Gasteiger charge is 2.31. The van der Waals surface area contributed by atoms with Crippen LogP contribution in [0.3, 0.4) is 0 Å². The van der Waals surface area contributed by atoms with Crippen LogP contribution < -0.4 is 16.0 Å². The minimum Gasteiger partial charge on any atom is -0.368 e. The lowest BCUT2D eigenvalue weighted by atomic mass is 10.0. The number of nitrogens with one attached hydrogen (secondary N) is 3. The molecule has 0 saturated carbocycles. The summed E-state index contributed by atoms with van der Waals surface area (Å²) in [5.74, 6) is 0.482. The number of nitrogens with zero attached hydrogens (tertiary/aromatic N) is 1. The topological polar surface area (TPSA) is 66.0 Å². The second kappa shape index (κ2) is 10.1. The molecule has 138 valence electrons. The Balaban J connectivity index is 0.00000264. The van der Waals surface area contributed by atoms with E-state index in [0.717, 1.165) is 19.2 Å².